The largest absolute Gasteiger partial charge is 0.508 e. The average Bonchev–Trinajstić information content (AvgIpc) is 2.72. The van der Waals surface area contributed by atoms with E-state index < -0.39 is 0 Å². The number of rotatable bonds is 5. The molecule has 0 aliphatic heterocycles. The van der Waals surface area contributed by atoms with Crippen LogP contribution in [0.5, 0.6) is 5.75 Å². The van der Waals surface area contributed by atoms with Crippen molar-refractivity contribution in [3.05, 3.63) is 65.2 Å². The van der Waals surface area contributed by atoms with Gasteiger partial charge in [-0.3, -0.25) is 0 Å². The molecule has 0 bridgehead atoms. The van der Waals surface area contributed by atoms with Gasteiger partial charge in [0.05, 0.1) is 6.10 Å². The Labute approximate surface area is 138 Å². The number of benzene rings is 2. The van der Waals surface area contributed by atoms with Gasteiger partial charge < -0.3 is 15.5 Å². The van der Waals surface area contributed by atoms with E-state index >= 15 is 0 Å². The molecular weight excluding hydrogens is 286 g/mol. The Morgan fingerprint density at radius 3 is 2.52 bits per heavy atom. The Bertz CT molecular complexity index is 624. The lowest BCUT2D eigenvalue weighted by molar-refractivity contribution is 0.106. The van der Waals surface area contributed by atoms with Crippen molar-refractivity contribution in [3.63, 3.8) is 0 Å². The van der Waals surface area contributed by atoms with Crippen molar-refractivity contribution in [1.82, 2.24) is 5.32 Å². The van der Waals surface area contributed by atoms with Crippen LogP contribution in [0.25, 0.3) is 0 Å². The summed E-state index contributed by atoms with van der Waals surface area (Å²) in [5.41, 5.74) is 3.90. The first-order chi connectivity index (χ1) is 11.2. The van der Waals surface area contributed by atoms with Crippen molar-refractivity contribution >= 4 is 0 Å². The molecular formula is C20H25NO2. The minimum absolute atomic E-state index is 0.264. The molecule has 3 rings (SSSR count). The number of nitrogens with one attached hydrogen (secondary N) is 1. The van der Waals surface area contributed by atoms with Gasteiger partial charge in [0.1, 0.15) is 5.75 Å². The Balaban J connectivity index is 1.46. The third-order valence-electron chi connectivity index (χ3n) is 4.81. The van der Waals surface area contributed by atoms with Gasteiger partial charge in [-0.25, -0.2) is 0 Å². The van der Waals surface area contributed by atoms with E-state index in [9.17, 15) is 10.2 Å². The average molecular weight is 311 g/mol. The van der Waals surface area contributed by atoms with E-state index in [0.717, 1.165) is 38.8 Å². The van der Waals surface area contributed by atoms with Gasteiger partial charge in [0.2, 0.25) is 0 Å². The third-order valence-corrected chi connectivity index (χ3v) is 4.81. The monoisotopic (exact) mass is 311 g/mol. The minimum atomic E-state index is -0.264. The maximum atomic E-state index is 10.5. The third kappa shape index (κ3) is 4.34. The van der Waals surface area contributed by atoms with Crippen molar-refractivity contribution in [1.29, 1.82) is 0 Å². The summed E-state index contributed by atoms with van der Waals surface area (Å²) < 4.78 is 0. The Morgan fingerprint density at radius 1 is 1.00 bits per heavy atom. The molecule has 2 aromatic carbocycles. The van der Waals surface area contributed by atoms with Crippen LogP contribution < -0.4 is 5.32 Å². The number of aromatic hydroxyl groups is 1. The molecule has 0 heterocycles. The Morgan fingerprint density at radius 2 is 1.74 bits per heavy atom. The van der Waals surface area contributed by atoms with Crippen molar-refractivity contribution < 1.29 is 10.2 Å². The lowest BCUT2D eigenvalue weighted by Gasteiger charge is -2.21. The topological polar surface area (TPSA) is 52.5 Å². The SMILES string of the molecule is Oc1ccc(CCNCC2CCc3ccccc3CC2O)cc1. The summed E-state index contributed by atoms with van der Waals surface area (Å²) >= 11 is 0. The van der Waals surface area contributed by atoms with Gasteiger partial charge >= 0.3 is 0 Å². The lowest BCUT2D eigenvalue weighted by Crippen LogP contribution is -2.33. The molecule has 0 aromatic heterocycles. The second kappa shape index (κ2) is 7.62. The van der Waals surface area contributed by atoms with Crippen LogP contribution in [-0.4, -0.2) is 29.4 Å². The summed E-state index contributed by atoms with van der Waals surface area (Å²) in [5.74, 6) is 0.616. The van der Waals surface area contributed by atoms with E-state index in [-0.39, 0.29) is 6.10 Å². The summed E-state index contributed by atoms with van der Waals surface area (Å²) in [6.45, 7) is 1.74. The molecule has 0 spiro atoms. The first-order valence-electron chi connectivity index (χ1n) is 8.46. The molecule has 2 atom stereocenters. The fourth-order valence-electron chi connectivity index (χ4n) is 3.35. The van der Waals surface area contributed by atoms with Crippen LogP contribution in [0, 0.1) is 5.92 Å². The number of aliphatic hydroxyl groups excluding tert-OH is 1. The van der Waals surface area contributed by atoms with Crippen molar-refractivity contribution in [2.24, 2.45) is 5.92 Å². The maximum Gasteiger partial charge on any atom is 0.115 e. The van der Waals surface area contributed by atoms with E-state index in [0.29, 0.717) is 11.7 Å². The molecule has 0 saturated carbocycles. The van der Waals surface area contributed by atoms with Gasteiger partial charge in [-0.05, 0) is 67.0 Å². The number of aliphatic hydroxyl groups is 1. The van der Waals surface area contributed by atoms with E-state index in [4.69, 9.17) is 0 Å². The zero-order valence-corrected chi connectivity index (χ0v) is 13.4. The van der Waals surface area contributed by atoms with Gasteiger partial charge in [0.25, 0.3) is 0 Å². The van der Waals surface area contributed by atoms with E-state index in [1.54, 1.807) is 12.1 Å². The number of aryl methyl sites for hydroxylation is 1. The fourth-order valence-corrected chi connectivity index (χ4v) is 3.35. The second-order valence-electron chi connectivity index (χ2n) is 6.46. The molecule has 1 aliphatic rings. The van der Waals surface area contributed by atoms with E-state index in [1.165, 1.54) is 16.7 Å². The predicted molar refractivity (Wildman–Crippen MR) is 92.6 cm³/mol. The summed E-state index contributed by atoms with van der Waals surface area (Å²) in [4.78, 5) is 0. The normalized spacial score (nSPS) is 20.7. The van der Waals surface area contributed by atoms with Gasteiger partial charge in [0, 0.05) is 6.54 Å². The van der Waals surface area contributed by atoms with Crippen LogP contribution in [0.4, 0.5) is 0 Å². The lowest BCUT2D eigenvalue weighted by atomic mass is 9.96. The predicted octanol–water partition coefficient (Wildman–Crippen LogP) is 2.69. The van der Waals surface area contributed by atoms with Gasteiger partial charge in [0.15, 0.2) is 0 Å². The number of fused-ring (bicyclic) bond motifs is 1. The molecule has 0 amide bonds. The number of hydrogen-bond donors (Lipinski definition) is 3. The van der Waals surface area contributed by atoms with Crippen LogP contribution >= 0.6 is 0 Å². The van der Waals surface area contributed by atoms with Crippen LogP contribution in [0.2, 0.25) is 0 Å². The summed E-state index contributed by atoms with van der Waals surface area (Å²) in [5, 5.41) is 23.2. The number of hydrogen-bond acceptors (Lipinski definition) is 3. The molecule has 122 valence electrons. The minimum Gasteiger partial charge on any atom is -0.508 e. The number of phenols is 1. The molecule has 3 heteroatoms. The van der Waals surface area contributed by atoms with Crippen LogP contribution in [0.1, 0.15) is 23.1 Å². The zero-order valence-electron chi connectivity index (χ0n) is 13.4. The molecule has 1 aliphatic carbocycles. The van der Waals surface area contributed by atoms with Crippen molar-refractivity contribution in [3.8, 4) is 5.75 Å². The van der Waals surface area contributed by atoms with Crippen molar-refractivity contribution in [2.75, 3.05) is 13.1 Å². The molecule has 3 N–H and O–H groups in total. The molecule has 0 saturated heterocycles. The van der Waals surface area contributed by atoms with Gasteiger partial charge in [-0.15, -0.1) is 0 Å². The highest BCUT2D eigenvalue weighted by Gasteiger charge is 2.23. The van der Waals surface area contributed by atoms with E-state index in [2.05, 4.69) is 29.6 Å². The van der Waals surface area contributed by atoms with E-state index in [1.807, 2.05) is 12.1 Å². The smallest absolute Gasteiger partial charge is 0.115 e. The highest BCUT2D eigenvalue weighted by molar-refractivity contribution is 5.29. The van der Waals surface area contributed by atoms with Gasteiger partial charge in [-0.2, -0.15) is 0 Å². The highest BCUT2D eigenvalue weighted by atomic mass is 16.3. The molecule has 2 aromatic rings. The maximum absolute atomic E-state index is 10.5. The van der Waals surface area contributed by atoms with Gasteiger partial charge in [-0.1, -0.05) is 36.4 Å². The standard InChI is InChI=1S/C20H25NO2/c22-19-9-5-15(6-10-19)11-12-21-14-18-8-7-16-3-1-2-4-17(16)13-20(18)23/h1-6,9-10,18,20-23H,7-8,11-14H2. The molecule has 3 nitrogen and oxygen atoms in total. The second-order valence-corrected chi connectivity index (χ2v) is 6.46. The summed E-state index contributed by atoms with van der Waals surface area (Å²) in [6, 6.07) is 15.8. The molecule has 2 unspecified atom stereocenters. The molecule has 0 fully saturated rings. The molecule has 23 heavy (non-hydrogen) atoms. The summed E-state index contributed by atoms with van der Waals surface area (Å²) in [6.07, 6.45) is 3.52. The van der Waals surface area contributed by atoms with Crippen LogP contribution in [0.3, 0.4) is 0 Å². The zero-order chi connectivity index (χ0) is 16.1. The molecule has 0 radical (unpaired) electrons. The Kier molecular flexibility index (Phi) is 5.31. The number of phenolic OH excluding ortho intramolecular Hbond substituents is 1. The van der Waals surface area contributed by atoms with Crippen molar-refractivity contribution in [2.45, 2.75) is 31.8 Å². The summed E-state index contributed by atoms with van der Waals surface area (Å²) in [7, 11) is 0. The quantitative estimate of drug-likeness (QED) is 0.588. The van der Waals surface area contributed by atoms with Crippen LogP contribution in [-0.2, 0) is 19.3 Å². The van der Waals surface area contributed by atoms with Crippen LogP contribution in [0.15, 0.2) is 48.5 Å². The fraction of sp³-hybridized carbons (Fsp3) is 0.400. The highest BCUT2D eigenvalue weighted by Crippen LogP contribution is 2.24. The first-order valence-corrected chi connectivity index (χ1v) is 8.46. The first kappa shape index (κ1) is 16.0. The Hall–Kier alpha value is -1.84.